The number of piperazine rings is 1. The molecule has 142 valence electrons. The van der Waals surface area contributed by atoms with Crippen LogP contribution in [-0.2, 0) is 10.5 Å². The smallest absolute Gasteiger partial charge is 0.174 e. The van der Waals surface area contributed by atoms with E-state index >= 15 is 0 Å². The third kappa shape index (κ3) is 6.13. The van der Waals surface area contributed by atoms with Crippen LogP contribution in [0, 0.1) is 0 Å². The molecular formula is C22H25ClN2OS. The van der Waals surface area contributed by atoms with Crippen LogP contribution in [-0.4, -0.2) is 54.6 Å². The number of likely N-dealkylation sites (N-methyl/N-ethyl adjacent to an activating group) is 1. The lowest BCUT2D eigenvalue weighted by atomic mass is 10.0. The molecule has 1 aliphatic heterocycles. The second kappa shape index (κ2) is 9.98. The van der Waals surface area contributed by atoms with Crippen LogP contribution in [0.3, 0.4) is 0 Å². The van der Waals surface area contributed by atoms with E-state index in [1.807, 2.05) is 48.7 Å². The molecular weight excluding hydrogens is 376 g/mol. The Hall–Kier alpha value is -1.75. The first kappa shape index (κ1) is 20.0. The summed E-state index contributed by atoms with van der Waals surface area (Å²) in [6.07, 6.45) is 2.03. The molecule has 0 aliphatic carbocycles. The maximum Gasteiger partial charge on any atom is 0.174 e. The third-order valence-corrected chi connectivity index (χ3v) is 5.87. The van der Waals surface area contributed by atoms with E-state index in [4.69, 9.17) is 11.6 Å². The summed E-state index contributed by atoms with van der Waals surface area (Å²) in [4.78, 5) is 17.6. The van der Waals surface area contributed by atoms with E-state index in [1.54, 1.807) is 11.8 Å². The summed E-state index contributed by atoms with van der Waals surface area (Å²) in [7, 11) is 2.13. The molecule has 0 saturated carbocycles. The van der Waals surface area contributed by atoms with E-state index in [-0.39, 0.29) is 5.78 Å². The number of allylic oxidation sites excluding steroid dienone is 1. The molecule has 3 rings (SSSR count). The van der Waals surface area contributed by atoms with Gasteiger partial charge in [-0.2, -0.15) is 0 Å². The van der Waals surface area contributed by atoms with Gasteiger partial charge in [0.1, 0.15) is 0 Å². The van der Waals surface area contributed by atoms with Crippen molar-refractivity contribution >= 4 is 34.7 Å². The van der Waals surface area contributed by atoms with Crippen LogP contribution < -0.4 is 0 Å². The van der Waals surface area contributed by atoms with Crippen molar-refractivity contribution in [2.24, 2.45) is 0 Å². The van der Waals surface area contributed by atoms with Gasteiger partial charge in [-0.05, 0) is 30.3 Å². The maximum atomic E-state index is 13.0. The molecule has 1 fully saturated rings. The van der Waals surface area contributed by atoms with E-state index in [0.717, 1.165) is 43.1 Å². The first-order chi connectivity index (χ1) is 13.1. The molecule has 1 heterocycles. The van der Waals surface area contributed by atoms with Crippen LogP contribution >= 0.6 is 23.4 Å². The minimum Gasteiger partial charge on any atom is -0.374 e. The van der Waals surface area contributed by atoms with Gasteiger partial charge in [-0.3, -0.25) is 4.79 Å². The molecule has 0 aromatic heterocycles. The SMILES string of the molecule is CN1CCN(C=C(C(=O)CSCc2ccccc2)c2cccc(Cl)c2)CC1. The van der Waals surface area contributed by atoms with Crippen molar-refractivity contribution < 1.29 is 4.79 Å². The first-order valence-electron chi connectivity index (χ1n) is 9.17. The summed E-state index contributed by atoms with van der Waals surface area (Å²) in [6.45, 7) is 3.89. The fourth-order valence-corrected chi connectivity index (χ4v) is 4.07. The number of Topliss-reactive ketones (excluding diaryl/α,β-unsaturated/α-hetero) is 1. The van der Waals surface area contributed by atoms with E-state index in [1.165, 1.54) is 5.56 Å². The van der Waals surface area contributed by atoms with Crippen molar-refractivity contribution in [2.75, 3.05) is 39.0 Å². The van der Waals surface area contributed by atoms with Gasteiger partial charge in [0.05, 0.1) is 5.75 Å². The lowest BCUT2D eigenvalue weighted by Gasteiger charge is -2.32. The Morgan fingerprint density at radius 3 is 2.52 bits per heavy atom. The second-order valence-electron chi connectivity index (χ2n) is 6.79. The lowest BCUT2D eigenvalue weighted by molar-refractivity contribution is -0.111. The van der Waals surface area contributed by atoms with Gasteiger partial charge in [0.2, 0.25) is 0 Å². The van der Waals surface area contributed by atoms with Crippen molar-refractivity contribution in [3.63, 3.8) is 0 Å². The Balaban J connectivity index is 1.71. The second-order valence-corrected chi connectivity index (χ2v) is 8.22. The quantitative estimate of drug-likeness (QED) is 0.641. The van der Waals surface area contributed by atoms with E-state index in [2.05, 4.69) is 29.0 Å². The minimum atomic E-state index is 0.150. The predicted molar refractivity (Wildman–Crippen MR) is 116 cm³/mol. The lowest BCUT2D eigenvalue weighted by Crippen LogP contribution is -2.42. The van der Waals surface area contributed by atoms with Gasteiger partial charge >= 0.3 is 0 Å². The number of rotatable bonds is 7. The molecule has 2 aromatic carbocycles. The minimum absolute atomic E-state index is 0.150. The molecule has 0 N–H and O–H groups in total. The van der Waals surface area contributed by atoms with Crippen molar-refractivity contribution in [2.45, 2.75) is 5.75 Å². The molecule has 27 heavy (non-hydrogen) atoms. The molecule has 0 bridgehead atoms. The van der Waals surface area contributed by atoms with Crippen molar-refractivity contribution in [3.05, 3.63) is 76.9 Å². The van der Waals surface area contributed by atoms with Crippen LogP contribution in [0.15, 0.2) is 60.8 Å². The van der Waals surface area contributed by atoms with Crippen LogP contribution in [0.1, 0.15) is 11.1 Å². The number of hydrogen-bond donors (Lipinski definition) is 0. The number of nitrogens with zero attached hydrogens (tertiary/aromatic N) is 2. The van der Waals surface area contributed by atoms with Gasteiger partial charge in [-0.1, -0.05) is 54.1 Å². The van der Waals surface area contributed by atoms with Gasteiger partial charge < -0.3 is 9.80 Å². The molecule has 0 unspecified atom stereocenters. The van der Waals surface area contributed by atoms with Crippen molar-refractivity contribution in [1.29, 1.82) is 0 Å². The van der Waals surface area contributed by atoms with Gasteiger partial charge in [0.15, 0.2) is 5.78 Å². The highest BCUT2D eigenvalue weighted by molar-refractivity contribution is 7.99. The number of hydrogen-bond acceptors (Lipinski definition) is 4. The number of carbonyl (C=O) groups excluding carboxylic acids is 1. The Kier molecular flexibility index (Phi) is 7.39. The molecule has 0 atom stereocenters. The van der Waals surface area contributed by atoms with E-state index in [0.29, 0.717) is 10.8 Å². The molecule has 5 heteroatoms. The largest absolute Gasteiger partial charge is 0.374 e. The summed E-state index contributed by atoms with van der Waals surface area (Å²) in [5, 5.41) is 0.654. The average Bonchev–Trinajstić information content (AvgIpc) is 2.68. The summed E-state index contributed by atoms with van der Waals surface area (Å²) >= 11 is 7.83. The topological polar surface area (TPSA) is 23.6 Å². The zero-order valence-corrected chi connectivity index (χ0v) is 17.2. The van der Waals surface area contributed by atoms with Gasteiger partial charge in [-0.25, -0.2) is 0 Å². The Labute approximate surface area is 171 Å². The van der Waals surface area contributed by atoms with Crippen LogP contribution in [0.4, 0.5) is 0 Å². The highest BCUT2D eigenvalue weighted by Gasteiger charge is 2.17. The Morgan fingerprint density at radius 2 is 1.81 bits per heavy atom. The number of benzene rings is 2. The Morgan fingerprint density at radius 1 is 1.07 bits per heavy atom. The molecule has 2 aromatic rings. The zero-order chi connectivity index (χ0) is 19.1. The Bertz CT molecular complexity index is 786. The highest BCUT2D eigenvalue weighted by atomic mass is 35.5. The van der Waals surface area contributed by atoms with Crippen LogP contribution in [0.25, 0.3) is 5.57 Å². The van der Waals surface area contributed by atoms with Crippen molar-refractivity contribution in [3.8, 4) is 0 Å². The molecule has 0 amide bonds. The highest BCUT2D eigenvalue weighted by Crippen LogP contribution is 2.23. The van der Waals surface area contributed by atoms with Crippen molar-refractivity contribution in [1.82, 2.24) is 9.80 Å². The number of carbonyl (C=O) groups is 1. The molecule has 0 spiro atoms. The monoisotopic (exact) mass is 400 g/mol. The summed E-state index contributed by atoms with van der Waals surface area (Å²) in [5.41, 5.74) is 2.89. The standard InChI is InChI=1S/C22H25ClN2OS/c1-24-10-12-25(13-11-24)15-21(19-8-5-9-20(23)14-19)22(26)17-27-16-18-6-3-2-4-7-18/h2-9,14-15H,10-13,16-17H2,1H3. The summed E-state index contributed by atoms with van der Waals surface area (Å²) in [5.74, 6) is 1.45. The number of thioether (sulfide) groups is 1. The predicted octanol–water partition coefficient (Wildman–Crippen LogP) is 4.43. The maximum absolute atomic E-state index is 13.0. The fourth-order valence-electron chi connectivity index (χ4n) is 3.01. The fraction of sp³-hybridized carbons (Fsp3) is 0.318. The van der Waals surface area contributed by atoms with Gasteiger partial charge in [-0.15, -0.1) is 11.8 Å². The average molecular weight is 401 g/mol. The number of halogens is 1. The summed E-state index contributed by atoms with van der Waals surface area (Å²) in [6, 6.07) is 17.8. The van der Waals surface area contributed by atoms with Crippen LogP contribution in [0.2, 0.25) is 5.02 Å². The molecule has 1 aliphatic rings. The normalized spacial score (nSPS) is 15.8. The molecule has 3 nitrogen and oxygen atoms in total. The third-order valence-electron chi connectivity index (χ3n) is 4.63. The summed E-state index contributed by atoms with van der Waals surface area (Å²) < 4.78 is 0. The number of ketones is 1. The molecule has 1 saturated heterocycles. The zero-order valence-electron chi connectivity index (χ0n) is 15.6. The van der Waals surface area contributed by atoms with Gasteiger partial charge in [0, 0.05) is 48.7 Å². The first-order valence-corrected chi connectivity index (χ1v) is 10.7. The van der Waals surface area contributed by atoms with Gasteiger partial charge in [0.25, 0.3) is 0 Å². The van der Waals surface area contributed by atoms with E-state index < -0.39 is 0 Å². The molecule has 0 radical (unpaired) electrons. The van der Waals surface area contributed by atoms with E-state index in [9.17, 15) is 4.79 Å². The van der Waals surface area contributed by atoms with Crippen LogP contribution in [0.5, 0.6) is 0 Å².